The van der Waals surface area contributed by atoms with Crippen LogP contribution in [0.2, 0.25) is 0 Å². The number of Topliss-reactive ketones (excluding diaryl/α,β-unsaturated/α-hetero) is 1. The van der Waals surface area contributed by atoms with Gasteiger partial charge in [-0.1, -0.05) is 13.8 Å². The summed E-state index contributed by atoms with van der Waals surface area (Å²) in [5.41, 5.74) is 0.406. The van der Waals surface area contributed by atoms with Crippen molar-refractivity contribution in [3.63, 3.8) is 0 Å². The maximum Gasteiger partial charge on any atom is 0.133 e. The van der Waals surface area contributed by atoms with Gasteiger partial charge in [-0.05, 0) is 73.0 Å². The summed E-state index contributed by atoms with van der Waals surface area (Å²) in [6.45, 7) is 4.70. The maximum absolute atomic E-state index is 12.1. The van der Waals surface area contributed by atoms with E-state index in [9.17, 15) is 15.0 Å². The summed E-state index contributed by atoms with van der Waals surface area (Å²) >= 11 is 0. The summed E-state index contributed by atoms with van der Waals surface area (Å²) < 4.78 is 0. The monoisotopic (exact) mass is 306 g/mol. The number of hydrogen-bond acceptors (Lipinski definition) is 3. The van der Waals surface area contributed by atoms with E-state index in [0.717, 1.165) is 25.7 Å². The topological polar surface area (TPSA) is 57.5 Å². The van der Waals surface area contributed by atoms with Gasteiger partial charge in [-0.25, -0.2) is 0 Å². The number of aliphatic hydroxyl groups is 2. The average molecular weight is 306 g/mol. The first-order valence-corrected chi connectivity index (χ1v) is 9.21. The van der Waals surface area contributed by atoms with E-state index in [1.165, 1.54) is 25.7 Å². The number of rotatable bonds is 0. The fraction of sp³-hybridized carbons (Fsp3) is 0.947. The highest BCUT2D eigenvalue weighted by molar-refractivity contribution is 5.82. The van der Waals surface area contributed by atoms with Gasteiger partial charge in [0, 0.05) is 12.8 Å². The Morgan fingerprint density at radius 2 is 1.82 bits per heavy atom. The van der Waals surface area contributed by atoms with Crippen LogP contribution < -0.4 is 0 Å². The Kier molecular flexibility index (Phi) is 3.30. The van der Waals surface area contributed by atoms with Gasteiger partial charge >= 0.3 is 0 Å². The third-order valence-electron chi connectivity index (χ3n) is 8.25. The molecule has 4 saturated carbocycles. The first-order valence-electron chi connectivity index (χ1n) is 9.21. The smallest absolute Gasteiger partial charge is 0.133 e. The van der Waals surface area contributed by atoms with Crippen LogP contribution in [-0.4, -0.2) is 28.2 Å². The van der Waals surface area contributed by atoms with Crippen LogP contribution in [0, 0.1) is 34.5 Å². The number of carbonyl (C=O) groups excluding carboxylic acids is 1. The molecule has 4 rings (SSSR count). The molecule has 0 amide bonds. The second-order valence-electron chi connectivity index (χ2n) is 9.34. The Hall–Kier alpha value is -0.410. The quantitative estimate of drug-likeness (QED) is 0.723. The first-order chi connectivity index (χ1) is 10.3. The number of ketones is 1. The molecule has 22 heavy (non-hydrogen) atoms. The molecule has 0 aromatic carbocycles. The molecular weight excluding hydrogens is 276 g/mol. The molecule has 4 fully saturated rings. The maximum atomic E-state index is 12.1. The highest BCUT2D eigenvalue weighted by atomic mass is 16.3. The average Bonchev–Trinajstić information content (AvgIpc) is 2.75. The fourth-order valence-corrected chi connectivity index (χ4v) is 7.05. The minimum Gasteiger partial charge on any atom is -0.390 e. The largest absolute Gasteiger partial charge is 0.390 e. The van der Waals surface area contributed by atoms with Gasteiger partial charge in [0.15, 0.2) is 0 Å². The van der Waals surface area contributed by atoms with Gasteiger partial charge in [0.1, 0.15) is 5.78 Å². The Labute approximate surface area is 133 Å². The zero-order valence-corrected chi connectivity index (χ0v) is 13.9. The summed E-state index contributed by atoms with van der Waals surface area (Å²) in [4.78, 5) is 12.1. The molecule has 0 bridgehead atoms. The highest BCUT2D eigenvalue weighted by Crippen LogP contribution is 2.65. The van der Waals surface area contributed by atoms with Crippen molar-refractivity contribution in [2.75, 3.05) is 0 Å². The highest BCUT2D eigenvalue weighted by Gasteiger charge is 2.60. The van der Waals surface area contributed by atoms with Gasteiger partial charge in [0.25, 0.3) is 0 Å². The van der Waals surface area contributed by atoms with Gasteiger partial charge < -0.3 is 10.2 Å². The molecule has 124 valence electrons. The van der Waals surface area contributed by atoms with Gasteiger partial charge in [-0.3, -0.25) is 4.79 Å². The van der Waals surface area contributed by atoms with Crippen molar-refractivity contribution in [3.8, 4) is 0 Å². The molecule has 8 atom stereocenters. The molecule has 0 aromatic heterocycles. The van der Waals surface area contributed by atoms with Gasteiger partial charge in [-0.15, -0.1) is 0 Å². The predicted octanol–water partition coefficient (Wildman–Crippen LogP) is 2.93. The van der Waals surface area contributed by atoms with Crippen molar-refractivity contribution in [1.82, 2.24) is 0 Å². The lowest BCUT2D eigenvalue weighted by molar-refractivity contribution is -0.156. The van der Waals surface area contributed by atoms with Crippen LogP contribution in [0.1, 0.15) is 65.2 Å². The Morgan fingerprint density at radius 3 is 2.59 bits per heavy atom. The SMILES string of the molecule is C[C@]12CC[C@H]3[C@@H](CCC4C[C@@H](O)[C@H](O)C[C@@]43C)[C@@H]1CC(=O)C2. The zero-order chi connectivity index (χ0) is 15.7. The van der Waals surface area contributed by atoms with Crippen LogP contribution in [-0.2, 0) is 4.79 Å². The van der Waals surface area contributed by atoms with Crippen molar-refractivity contribution in [1.29, 1.82) is 0 Å². The number of fused-ring (bicyclic) bond motifs is 5. The number of hydrogen-bond donors (Lipinski definition) is 2. The minimum atomic E-state index is -0.557. The fourth-order valence-electron chi connectivity index (χ4n) is 7.05. The second-order valence-corrected chi connectivity index (χ2v) is 9.34. The van der Waals surface area contributed by atoms with E-state index >= 15 is 0 Å². The molecule has 1 unspecified atom stereocenters. The van der Waals surface area contributed by atoms with Gasteiger partial charge in [0.05, 0.1) is 12.2 Å². The van der Waals surface area contributed by atoms with E-state index < -0.39 is 12.2 Å². The molecule has 0 aromatic rings. The third-order valence-corrected chi connectivity index (χ3v) is 8.25. The summed E-state index contributed by atoms with van der Waals surface area (Å²) in [6, 6.07) is 0. The number of aliphatic hydroxyl groups excluding tert-OH is 2. The van der Waals surface area contributed by atoms with E-state index in [4.69, 9.17) is 0 Å². The molecule has 0 spiro atoms. The molecule has 3 heteroatoms. The van der Waals surface area contributed by atoms with Crippen LogP contribution in [0.4, 0.5) is 0 Å². The van der Waals surface area contributed by atoms with Crippen molar-refractivity contribution >= 4 is 5.78 Å². The Morgan fingerprint density at radius 1 is 1.05 bits per heavy atom. The molecule has 2 N–H and O–H groups in total. The van der Waals surface area contributed by atoms with Gasteiger partial charge in [0.2, 0.25) is 0 Å². The Bertz CT molecular complexity index is 489. The molecular formula is C19H30O3. The number of carbonyl (C=O) groups is 1. The zero-order valence-electron chi connectivity index (χ0n) is 13.9. The lowest BCUT2D eigenvalue weighted by Crippen LogP contribution is -2.56. The van der Waals surface area contributed by atoms with E-state index in [1.807, 2.05) is 0 Å². The van der Waals surface area contributed by atoms with Crippen LogP contribution in [0.3, 0.4) is 0 Å². The van der Waals surface area contributed by atoms with Crippen LogP contribution in [0.15, 0.2) is 0 Å². The van der Waals surface area contributed by atoms with E-state index in [-0.39, 0.29) is 10.8 Å². The lowest BCUT2D eigenvalue weighted by Gasteiger charge is -2.60. The third kappa shape index (κ3) is 1.97. The van der Waals surface area contributed by atoms with Crippen LogP contribution >= 0.6 is 0 Å². The standard InChI is InChI=1S/C19H30O3/c1-18-6-5-14-13(15(18)8-12(20)9-18)4-3-11-7-16(21)17(22)10-19(11,14)2/h11,13-17,21-22H,3-10H2,1-2H3/t11?,13-,14+,15+,16-,17-,18-,19+/m1/s1. The molecule has 3 nitrogen and oxygen atoms in total. The van der Waals surface area contributed by atoms with Crippen LogP contribution in [0.5, 0.6) is 0 Å². The summed E-state index contributed by atoms with van der Waals surface area (Å²) in [5.74, 6) is 2.89. The molecule has 0 radical (unpaired) electrons. The van der Waals surface area contributed by atoms with Crippen molar-refractivity contribution in [3.05, 3.63) is 0 Å². The second kappa shape index (κ2) is 4.80. The molecule has 4 aliphatic rings. The summed E-state index contributed by atoms with van der Waals surface area (Å²) in [6.07, 6.45) is 6.79. The van der Waals surface area contributed by atoms with Crippen molar-refractivity contribution in [2.24, 2.45) is 34.5 Å². The van der Waals surface area contributed by atoms with Crippen molar-refractivity contribution in [2.45, 2.75) is 77.4 Å². The molecule has 0 heterocycles. The van der Waals surface area contributed by atoms with Gasteiger partial charge in [-0.2, -0.15) is 0 Å². The minimum absolute atomic E-state index is 0.161. The van der Waals surface area contributed by atoms with E-state index in [0.29, 0.717) is 29.5 Å². The van der Waals surface area contributed by atoms with E-state index in [1.54, 1.807) is 0 Å². The predicted molar refractivity (Wildman–Crippen MR) is 84.1 cm³/mol. The molecule has 0 saturated heterocycles. The van der Waals surface area contributed by atoms with Crippen LogP contribution in [0.25, 0.3) is 0 Å². The first kappa shape index (κ1) is 15.1. The molecule has 0 aliphatic heterocycles. The summed E-state index contributed by atoms with van der Waals surface area (Å²) in [7, 11) is 0. The van der Waals surface area contributed by atoms with Crippen molar-refractivity contribution < 1.29 is 15.0 Å². The lowest BCUT2D eigenvalue weighted by atomic mass is 9.45. The van der Waals surface area contributed by atoms with E-state index in [2.05, 4.69) is 13.8 Å². The normalized spacial score (nSPS) is 57.9. The Balaban J connectivity index is 1.64. The molecule has 4 aliphatic carbocycles. The summed E-state index contributed by atoms with van der Waals surface area (Å²) in [5, 5.41) is 20.3.